The standard InChI is InChI=1S/C6H13NO2Si/c1-4-6(8)7(2)5-10-9-3/h4H,1,5,10H2,2-3H3. The quantitative estimate of drug-likeness (QED) is 0.402. The molecule has 0 N–H and O–H groups in total. The van der Waals surface area contributed by atoms with Gasteiger partial charge in [0.15, 0.2) is 9.76 Å². The predicted molar refractivity (Wildman–Crippen MR) is 43.4 cm³/mol. The topological polar surface area (TPSA) is 29.5 Å². The number of hydrogen-bond donors (Lipinski definition) is 0. The summed E-state index contributed by atoms with van der Waals surface area (Å²) in [7, 11) is 2.89. The molecule has 0 fully saturated rings. The molecule has 0 unspecified atom stereocenters. The van der Waals surface area contributed by atoms with Gasteiger partial charge in [-0.15, -0.1) is 0 Å². The summed E-state index contributed by atoms with van der Waals surface area (Å²) in [4.78, 5) is 12.4. The van der Waals surface area contributed by atoms with Crippen LogP contribution >= 0.6 is 0 Å². The third-order valence-electron chi connectivity index (χ3n) is 1.18. The van der Waals surface area contributed by atoms with Crippen molar-refractivity contribution in [3.63, 3.8) is 0 Å². The van der Waals surface area contributed by atoms with Crippen molar-refractivity contribution in [1.82, 2.24) is 4.90 Å². The molecule has 0 atom stereocenters. The molecule has 0 saturated carbocycles. The Morgan fingerprint density at radius 2 is 2.50 bits per heavy atom. The van der Waals surface area contributed by atoms with E-state index in [-0.39, 0.29) is 5.91 Å². The molecule has 0 radical (unpaired) electrons. The average molecular weight is 159 g/mol. The van der Waals surface area contributed by atoms with Crippen molar-refractivity contribution < 1.29 is 9.22 Å². The summed E-state index contributed by atoms with van der Waals surface area (Å²) in [6, 6.07) is 0. The smallest absolute Gasteiger partial charge is 0.245 e. The molecule has 0 saturated heterocycles. The van der Waals surface area contributed by atoms with E-state index in [9.17, 15) is 4.79 Å². The van der Waals surface area contributed by atoms with Crippen molar-refractivity contribution in [2.45, 2.75) is 0 Å². The van der Waals surface area contributed by atoms with E-state index in [0.717, 1.165) is 6.17 Å². The number of rotatable bonds is 4. The van der Waals surface area contributed by atoms with Gasteiger partial charge >= 0.3 is 0 Å². The molecule has 10 heavy (non-hydrogen) atoms. The summed E-state index contributed by atoms with van der Waals surface area (Å²) in [5.41, 5.74) is 0. The molecule has 0 aliphatic carbocycles. The number of likely N-dealkylation sites (N-methyl/N-ethyl adjacent to an activating group) is 1. The molecule has 0 bridgehead atoms. The summed E-state index contributed by atoms with van der Waals surface area (Å²) < 4.78 is 4.92. The van der Waals surface area contributed by atoms with E-state index in [1.54, 1.807) is 19.1 Å². The van der Waals surface area contributed by atoms with Crippen molar-refractivity contribution in [3.05, 3.63) is 12.7 Å². The molecule has 0 aromatic rings. The minimum atomic E-state index is -0.521. The van der Waals surface area contributed by atoms with Gasteiger partial charge in [0.2, 0.25) is 5.91 Å². The second-order valence-electron chi connectivity index (χ2n) is 1.96. The summed E-state index contributed by atoms with van der Waals surface area (Å²) in [6.07, 6.45) is 2.06. The number of nitrogens with zero attached hydrogens (tertiary/aromatic N) is 1. The van der Waals surface area contributed by atoms with Crippen LogP contribution in [0, 0.1) is 0 Å². The summed E-state index contributed by atoms with van der Waals surface area (Å²) in [5.74, 6) is -0.0375. The molecule has 0 aromatic carbocycles. The SMILES string of the molecule is C=CC(=O)N(C)C[SiH2]OC. The second kappa shape index (κ2) is 5.19. The molecule has 58 valence electrons. The lowest BCUT2D eigenvalue weighted by Gasteiger charge is -2.12. The first-order valence-electron chi connectivity index (χ1n) is 3.09. The zero-order valence-electron chi connectivity index (χ0n) is 6.46. The van der Waals surface area contributed by atoms with Crippen LogP contribution in [0.1, 0.15) is 0 Å². The number of hydrogen-bond acceptors (Lipinski definition) is 2. The third-order valence-corrected chi connectivity index (χ3v) is 2.44. The van der Waals surface area contributed by atoms with Gasteiger partial charge in [0.1, 0.15) is 0 Å². The Morgan fingerprint density at radius 3 is 2.90 bits per heavy atom. The van der Waals surface area contributed by atoms with Gasteiger partial charge in [-0.05, 0) is 6.08 Å². The first-order chi connectivity index (χ1) is 4.72. The van der Waals surface area contributed by atoms with Crippen molar-refractivity contribution >= 4 is 15.7 Å². The molecule has 0 spiro atoms. The molecule has 3 nitrogen and oxygen atoms in total. The third kappa shape index (κ3) is 3.42. The molecule has 0 heterocycles. The van der Waals surface area contributed by atoms with Crippen molar-refractivity contribution in [3.8, 4) is 0 Å². The van der Waals surface area contributed by atoms with Gasteiger partial charge in [0.25, 0.3) is 0 Å². The first-order valence-corrected chi connectivity index (χ1v) is 4.66. The first kappa shape index (κ1) is 9.39. The molecule has 1 amide bonds. The zero-order valence-corrected chi connectivity index (χ0v) is 7.88. The molecular formula is C6H13NO2Si. The molecule has 0 aliphatic heterocycles. The number of carbonyl (C=O) groups excluding carboxylic acids is 1. The van der Waals surface area contributed by atoms with Crippen LogP contribution in [0.3, 0.4) is 0 Å². The van der Waals surface area contributed by atoms with Crippen LogP contribution in [0.15, 0.2) is 12.7 Å². The average Bonchev–Trinajstić information content (AvgIpc) is 1.98. The molecule has 0 rings (SSSR count). The number of amides is 1. The van der Waals surface area contributed by atoms with Crippen molar-refractivity contribution in [1.29, 1.82) is 0 Å². The maximum atomic E-state index is 10.8. The fourth-order valence-electron chi connectivity index (χ4n) is 0.494. The summed E-state index contributed by atoms with van der Waals surface area (Å²) >= 11 is 0. The van der Waals surface area contributed by atoms with Gasteiger partial charge in [0, 0.05) is 20.3 Å². The Balaban J connectivity index is 3.51. The van der Waals surface area contributed by atoms with Gasteiger partial charge < -0.3 is 9.33 Å². The largest absolute Gasteiger partial charge is 0.425 e. The monoisotopic (exact) mass is 159 g/mol. The summed E-state index contributed by atoms with van der Waals surface area (Å²) in [6.45, 7) is 3.37. The molecule has 0 aliphatic rings. The van der Waals surface area contributed by atoms with E-state index in [1.807, 2.05) is 0 Å². The van der Waals surface area contributed by atoms with Crippen LogP contribution in [0.4, 0.5) is 0 Å². The van der Waals surface area contributed by atoms with Crippen molar-refractivity contribution in [2.75, 3.05) is 20.3 Å². The van der Waals surface area contributed by atoms with Crippen LogP contribution in [-0.4, -0.2) is 40.9 Å². The zero-order chi connectivity index (χ0) is 7.98. The van der Waals surface area contributed by atoms with Gasteiger partial charge in [-0.2, -0.15) is 0 Å². The maximum absolute atomic E-state index is 10.8. The number of carbonyl (C=O) groups is 1. The van der Waals surface area contributed by atoms with E-state index < -0.39 is 9.76 Å². The summed E-state index contributed by atoms with van der Waals surface area (Å²) in [5, 5.41) is 0. The highest BCUT2D eigenvalue weighted by Gasteiger charge is 2.01. The highest BCUT2D eigenvalue weighted by atomic mass is 28.2. The Labute approximate surface area is 63.6 Å². The fraction of sp³-hybridized carbons (Fsp3) is 0.500. The maximum Gasteiger partial charge on any atom is 0.245 e. The van der Waals surface area contributed by atoms with Crippen molar-refractivity contribution in [2.24, 2.45) is 0 Å². The Morgan fingerprint density at radius 1 is 1.90 bits per heavy atom. The van der Waals surface area contributed by atoms with Gasteiger partial charge in [-0.3, -0.25) is 4.79 Å². The lowest BCUT2D eigenvalue weighted by Crippen LogP contribution is -2.29. The minimum Gasteiger partial charge on any atom is -0.425 e. The van der Waals surface area contributed by atoms with Crippen LogP contribution < -0.4 is 0 Å². The molecule has 0 aromatic heterocycles. The van der Waals surface area contributed by atoms with E-state index in [1.165, 1.54) is 6.08 Å². The Bertz CT molecular complexity index is 127. The van der Waals surface area contributed by atoms with Gasteiger partial charge in [-0.1, -0.05) is 6.58 Å². The van der Waals surface area contributed by atoms with Crippen LogP contribution in [0.5, 0.6) is 0 Å². The second-order valence-corrected chi connectivity index (χ2v) is 3.39. The van der Waals surface area contributed by atoms with E-state index in [4.69, 9.17) is 4.43 Å². The normalized spacial score (nSPS) is 10.2. The predicted octanol–water partition coefficient (Wildman–Crippen LogP) is -0.682. The van der Waals surface area contributed by atoms with E-state index >= 15 is 0 Å². The highest BCUT2D eigenvalue weighted by Crippen LogP contribution is 1.82. The fourth-order valence-corrected chi connectivity index (χ4v) is 1.17. The van der Waals surface area contributed by atoms with Gasteiger partial charge in [0.05, 0.1) is 0 Å². The lowest BCUT2D eigenvalue weighted by molar-refractivity contribution is -0.124. The van der Waals surface area contributed by atoms with E-state index in [0.29, 0.717) is 0 Å². The molecule has 4 heteroatoms. The highest BCUT2D eigenvalue weighted by molar-refractivity contribution is 6.27. The van der Waals surface area contributed by atoms with Crippen LogP contribution in [0.2, 0.25) is 0 Å². The van der Waals surface area contributed by atoms with Crippen LogP contribution in [-0.2, 0) is 9.22 Å². The minimum absolute atomic E-state index is 0.0375. The Hall–Kier alpha value is -0.613. The van der Waals surface area contributed by atoms with Gasteiger partial charge in [-0.25, -0.2) is 0 Å². The Kier molecular flexibility index (Phi) is 4.88. The van der Waals surface area contributed by atoms with Crippen LogP contribution in [0.25, 0.3) is 0 Å². The molecular weight excluding hydrogens is 146 g/mol. The van der Waals surface area contributed by atoms with E-state index in [2.05, 4.69) is 6.58 Å². The lowest BCUT2D eigenvalue weighted by atomic mass is 10.5.